The van der Waals surface area contributed by atoms with Crippen molar-refractivity contribution in [3.8, 4) is 11.5 Å². The van der Waals surface area contributed by atoms with Crippen molar-refractivity contribution in [3.05, 3.63) is 59.7 Å². The Balaban J connectivity index is 2.16. The number of hydrogen-bond donors (Lipinski definition) is 1. The van der Waals surface area contributed by atoms with Crippen LogP contribution >= 0.6 is 0 Å². The van der Waals surface area contributed by atoms with E-state index >= 15 is 0 Å². The summed E-state index contributed by atoms with van der Waals surface area (Å²) in [5, 5.41) is 9.94. The monoisotopic (exact) mass is 300 g/mol. The lowest BCUT2D eigenvalue weighted by molar-refractivity contribution is 0.104. The summed E-state index contributed by atoms with van der Waals surface area (Å²) in [6, 6.07) is 14.6. The van der Waals surface area contributed by atoms with E-state index in [0.29, 0.717) is 12.2 Å². The second-order valence-electron chi connectivity index (χ2n) is 5.06. The van der Waals surface area contributed by atoms with Crippen LogP contribution in [0.5, 0.6) is 11.5 Å². The first kappa shape index (κ1) is 15.9. The summed E-state index contributed by atoms with van der Waals surface area (Å²) in [4.78, 5) is 11.5. The van der Waals surface area contributed by atoms with E-state index in [-0.39, 0.29) is 18.3 Å². The first-order valence-electron chi connectivity index (χ1n) is 7.32. The lowest BCUT2D eigenvalue weighted by Gasteiger charge is -2.16. The van der Waals surface area contributed by atoms with Gasteiger partial charge in [0.2, 0.25) is 0 Å². The maximum atomic E-state index is 11.5. The van der Waals surface area contributed by atoms with E-state index in [1.54, 1.807) is 25.1 Å². The Labute approximate surface area is 130 Å². The number of phenols is 1. The summed E-state index contributed by atoms with van der Waals surface area (Å²) in [6.07, 6.45) is -0.0576. The highest BCUT2D eigenvalue weighted by molar-refractivity contribution is 5.64. The normalized spacial score (nSPS) is 11.7. The molecule has 22 heavy (non-hydrogen) atoms. The molecule has 2 rings (SSSR count). The molecule has 0 saturated carbocycles. The van der Waals surface area contributed by atoms with Crippen molar-refractivity contribution in [3.63, 3.8) is 0 Å². The Morgan fingerprint density at radius 1 is 1.14 bits per heavy atom. The van der Waals surface area contributed by atoms with Gasteiger partial charge in [0.15, 0.2) is 0 Å². The van der Waals surface area contributed by atoms with E-state index in [1.807, 2.05) is 37.3 Å². The largest absolute Gasteiger partial charge is 0.513 e. The lowest BCUT2D eigenvalue weighted by atomic mass is 9.92. The SMILES string of the molecule is CCOC(=O)Oc1ccccc1CC(C)c1ccccc1O. The maximum absolute atomic E-state index is 11.5. The van der Waals surface area contributed by atoms with E-state index in [4.69, 9.17) is 9.47 Å². The number of hydrogen-bond acceptors (Lipinski definition) is 4. The zero-order valence-corrected chi connectivity index (χ0v) is 12.8. The van der Waals surface area contributed by atoms with E-state index in [1.165, 1.54) is 0 Å². The fourth-order valence-electron chi connectivity index (χ4n) is 2.35. The van der Waals surface area contributed by atoms with Crippen LogP contribution in [-0.2, 0) is 11.2 Å². The molecule has 0 aromatic heterocycles. The lowest BCUT2D eigenvalue weighted by Crippen LogP contribution is -2.12. The molecule has 2 aromatic carbocycles. The standard InChI is InChI=1S/C18H20O4/c1-3-21-18(20)22-17-11-7-4-8-14(17)12-13(2)15-9-5-6-10-16(15)19/h4-11,13,19H,3,12H2,1-2H3. The minimum Gasteiger partial charge on any atom is -0.508 e. The van der Waals surface area contributed by atoms with Crippen LogP contribution in [0.3, 0.4) is 0 Å². The topological polar surface area (TPSA) is 55.8 Å². The Kier molecular flexibility index (Phi) is 5.42. The highest BCUT2D eigenvalue weighted by atomic mass is 16.7. The van der Waals surface area contributed by atoms with Crippen LogP contribution in [-0.4, -0.2) is 17.9 Å². The molecule has 0 aliphatic heterocycles. The molecular formula is C18H20O4. The molecule has 0 bridgehead atoms. The number of rotatable bonds is 5. The maximum Gasteiger partial charge on any atom is 0.513 e. The van der Waals surface area contributed by atoms with Gasteiger partial charge in [-0.25, -0.2) is 4.79 Å². The van der Waals surface area contributed by atoms with Gasteiger partial charge in [-0.1, -0.05) is 43.3 Å². The van der Waals surface area contributed by atoms with Crippen LogP contribution in [0.25, 0.3) is 0 Å². The number of carbonyl (C=O) groups excluding carboxylic acids is 1. The van der Waals surface area contributed by atoms with Crippen LogP contribution in [0.1, 0.15) is 30.9 Å². The van der Waals surface area contributed by atoms with Gasteiger partial charge in [0.05, 0.1) is 6.61 Å². The van der Waals surface area contributed by atoms with Crippen molar-refractivity contribution < 1.29 is 19.4 Å². The molecule has 1 atom stereocenters. The Morgan fingerprint density at radius 3 is 2.55 bits per heavy atom. The molecule has 116 valence electrons. The zero-order chi connectivity index (χ0) is 15.9. The van der Waals surface area contributed by atoms with Gasteiger partial charge < -0.3 is 14.6 Å². The summed E-state index contributed by atoms with van der Waals surface area (Å²) < 4.78 is 10.0. The highest BCUT2D eigenvalue weighted by Gasteiger charge is 2.15. The first-order chi connectivity index (χ1) is 10.6. The minimum atomic E-state index is -0.704. The van der Waals surface area contributed by atoms with Crippen LogP contribution in [0.2, 0.25) is 0 Å². The molecule has 0 fully saturated rings. The zero-order valence-electron chi connectivity index (χ0n) is 12.8. The molecule has 0 radical (unpaired) electrons. The molecule has 0 aliphatic carbocycles. The van der Waals surface area contributed by atoms with Crippen LogP contribution in [0.4, 0.5) is 4.79 Å². The molecule has 0 aliphatic rings. The van der Waals surface area contributed by atoms with Gasteiger partial charge in [-0.05, 0) is 42.5 Å². The second kappa shape index (κ2) is 7.50. The van der Waals surface area contributed by atoms with Crippen molar-refractivity contribution in [2.45, 2.75) is 26.2 Å². The first-order valence-corrected chi connectivity index (χ1v) is 7.32. The van der Waals surface area contributed by atoms with Crippen molar-refractivity contribution in [2.75, 3.05) is 6.61 Å². The Morgan fingerprint density at radius 2 is 1.82 bits per heavy atom. The Bertz CT molecular complexity index is 636. The molecule has 1 N–H and O–H groups in total. The number of benzene rings is 2. The molecule has 0 heterocycles. The number of phenolic OH excluding ortho intramolecular Hbond substituents is 1. The predicted molar refractivity (Wildman–Crippen MR) is 84.3 cm³/mol. The van der Waals surface area contributed by atoms with E-state index in [2.05, 4.69) is 0 Å². The summed E-state index contributed by atoms with van der Waals surface area (Å²) in [7, 11) is 0. The smallest absolute Gasteiger partial charge is 0.508 e. The quantitative estimate of drug-likeness (QED) is 0.661. The van der Waals surface area contributed by atoms with Crippen LogP contribution in [0.15, 0.2) is 48.5 Å². The number of para-hydroxylation sites is 2. The predicted octanol–water partition coefficient (Wildman–Crippen LogP) is 4.27. The van der Waals surface area contributed by atoms with E-state index in [0.717, 1.165) is 11.1 Å². The van der Waals surface area contributed by atoms with E-state index < -0.39 is 6.16 Å². The third-order valence-electron chi connectivity index (χ3n) is 3.42. The Hall–Kier alpha value is -2.49. The summed E-state index contributed by atoms with van der Waals surface area (Å²) >= 11 is 0. The van der Waals surface area contributed by atoms with Crippen molar-refractivity contribution in [1.82, 2.24) is 0 Å². The van der Waals surface area contributed by atoms with Gasteiger partial charge in [0.25, 0.3) is 0 Å². The van der Waals surface area contributed by atoms with Gasteiger partial charge in [0, 0.05) is 0 Å². The average molecular weight is 300 g/mol. The summed E-state index contributed by atoms with van der Waals surface area (Å²) in [6.45, 7) is 4.03. The number of ether oxygens (including phenoxy) is 2. The third-order valence-corrected chi connectivity index (χ3v) is 3.42. The molecule has 0 spiro atoms. The second-order valence-corrected chi connectivity index (χ2v) is 5.06. The van der Waals surface area contributed by atoms with Gasteiger partial charge in [-0.3, -0.25) is 0 Å². The molecule has 4 nitrogen and oxygen atoms in total. The molecule has 2 aromatic rings. The van der Waals surface area contributed by atoms with Gasteiger partial charge in [-0.2, -0.15) is 0 Å². The van der Waals surface area contributed by atoms with Gasteiger partial charge in [0.1, 0.15) is 11.5 Å². The van der Waals surface area contributed by atoms with Crippen LogP contribution < -0.4 is 4.74 Å². The van der Waals surface area contributed by atoms with Crippen molar-refractivity contribution >= 4 is 6.16 Å². The number of aromatic hydroxyl groups is 1. The fourth-order valence-corrected chi connectivity index (χ4v) is 2.35. The fraction of sp³-hybridized carbons (Fsp3) is 0.278. The van der Waals surface area contributed by atoms with Crippen molar-refractivity contribution in [2.24, 2.45) is 0 Å². The van der Waals surface area contributed by atoms with Gasteiger partial charge >= 0.3 is 6.16 Å². The van der Waals surface area contributed by atoms with E-state index in [9.17, 15) is 9.90 Å². The van der Waals surface area contributed by atoms with Crippen LogP contribution in [0, 0.1) is 0 Å². The molecular weight excluding hydrogens is 280 g/mol. The minimum absolute atomic E-state index is 0.0909. The molecule has 1 unspecified atom stereocenters. The van der Waals surface area contributed by atoms with Crippen molar-refractivity contribution in [1.29, 1.82) is 0 Å². The summed E-state index contributed by atoms with van der Waals surface area (Å²) in [5.41, 5.74) is 1.76. The van der Waals surface area contributed by atoms with Gasteiger partial charge in [-0.15, -0.1) is 0 Å². The molecule has 0 saturated heterocycles. The highest BCUT2D eigenvalue weighted by Crippen LogP contribution is 2.30. The molecule has 4 heteroatoms. The summed E-state index contributed by atoms with van der Waals surface area (Å²) in [5.74, 6) is 0.857. The third kappa shape index (κ3) is 4.01. The average Bonchev–Trinajstić information content (AvgIpc) is 2.50. The number of carbonyl (C=O) groups is 1. The molecule has 0 amide bonds.